The van der Waals surface area contributed by atoms with E-state index in [9.17, 15) is 13.2 Å². The maximum Gasteiger partial charge on any atom is 0.573 e. The molecular weight excluding hydrogens is 522 g/mol. The fraction of sp³-hybridized carbons (Fsp3) is 0.217. The van der Waals surface area contributed by atoms with Crippen LogP contribution >= 0.6 is 34.2 Å². The molecule has 0 aliphatic carbocycles. The number of nitrogens with zero attached hydrogens (tertiary/aromatic N) is 1. The number of thiophene rings is 1. The second-order valence-corrected chi connectivity index (χ2v) is 10.00. The van der Waals surface area contributed by atoms with E-state index in [0.29, 0.717) is 0 Å². The first-order chi connectivity index (χ1) is 14.0. The highest BCUT2D eigenvalue weighted by molar-refractivity contribution is 14.1. The van der Waals surface area contributed by atoms with Crippen molar-refractivity contribution in [3.05, 3.63) is 66.2 Å². The molecule has 4 aromatic rings. The van der Waals surface area contributed by atoms with Crippen molar-refractivity contribution in [2.75, 3.05) is 3.11 Å². The maximum atomic E-state index is 12.4. The predicted octanol–water partition coefficient (Wildman–Crippen LogP) is 8.74. The van der Waals surface area contributed by atoms with Gasteiger partial charge in [-0.2, -0.15) is 0 Å². The van der Waals surface area contributed by atoms with E-state index in [4.69, 9.17) is 0 Å². The van der Waals surface area contributed by atoms with Crippen molar-refractivity contribution in [2.24, 2.45) is 0 Å². The first-order valence-electron chi connectivity index (χ1n) is 9.31. The Morgan fingerprint density at radius 3 is 2.03 bits per heavy atom. The van der Waals surface area contributed by atoms with E-state index in [1.165, 1.54) is 33.2 Å². The summed E-state index contributed by atoms with van der Waals surface area (Å²) in [5.74, 6) is -0.231. The molecule has 0 aliphatic rings. The van der Waals surface area contributed by atoms with Crippen LogP contribution in [0.15, 0.2) is 60.7 Å². The van der Waals surface area contributed by atoms with Gasteiger partial charge in [-0.1, -0.05) is 51.1 Å². The number of alkyl halides is 3. The molecule has 1 heterocycles. The van der Waals surface area contributed by atoms with Crippen LogP contribution in [0.2, 0.25) is 0 Å². The highest BCUT2D eigenvalue weighted by Crippen LogP contribution is 2.45. The lowest BCUT2D eigenvalue weighted by atomic mass is 9.86. The minimum Gasteiger partial charge on any atom is -0.406 e. The Balaban J connectivity index is 1.79. The highest BCUT2D eigenvalue weighted by atomic mass is 127. The molecule has 0 saturated heterocycles. The molecule has 7 heteroatoms. The molecule has 0 fully saturated rings. The van der Waals surface area contributed by atoms with Gasteiger partial charge in [0.1, 0.15) is 5.75 Å². The van der Waals surface area contributed by atoms with Gasteiger partial charge in [0, 0.05) is 15.5 Å². The van der Waals surface area contributed by atoms with Crippen molar-refractivity contribution >= 4 is 65.7 Å². The van der Waals surface area contributed by atoms with E-state index in [1.54, 1.807) is 23.5 Å². The quantitative estimate of drug-likeness (QED) is 0.190. The molecule has 3 aromatic carbocycles. The summed E-state index contributed by atoms with van der Waals surface area (Å²) >= 11 is 3.94. The summed E-state index contributed by atoms with van der Waals surface area (Å²) in [6.45, 7) is 6.63. The normalized spacial score (nSPS) is 12.5. The van der Waals surface area contributed by atoms with Crippen LogP contribution in [0.3, 0.4) is 0 Å². The van der Waals surface area contributed by atoms with Gasteiger partial charge in [-0.15, -0.1) is 24.5 Å². The number of halogens is 4. The second-order valence-electron chi connectivity index (χ2n) is 8.01. The molecule has 0 spiro atoms. The number of hydrogen-bond donors (Lipinski definition) is 0. The molecule has 0 amide bonds. The summed E-state index contributed by atoms with van der Waals surface area (Å²) in [7, 11) is 0. The number of hydrogen-bond acceptors (Lipinski definition) is 3. The van der Waals surface area contributed by atoms with Gasteiger partial charge in [0.05, 0.1) is 38.9 Å². The van der Waals surface area contributed by atoms with Crippen LogP contribution in [0.4, 0.5) is 24.5 Å². The largest absolute Gasteiger partial charge is 0.573 e. The third kappa shape index (κ3) is 4.09. The fourth-order valence-corrected chi connectivity index (χ4v) is 5.88. The topological polar surface area (TPSA) is 12.5 Å². The Kier molecular flexibility index (Phi) is 5.38. The molecule has 0 atom stereocenters. The molecular formula is C23H19F3INOS. The summed E-state index contributed by atoms with van der Waals surface area (Å²) in [5, 5.41) is 2.40. The van der Waals surface area contributed by atoms with Gasteiger partial charge in [-0.3, -0.25) is 3.11 Å². The van der Waals surface area contributed by atoms with E-state index in [2.05, 4.69) is 72.6 Å². The van der Waals surface area contributed by atoms with E-state index < -0.39 is 6.36 Å². The summed E-state index contributed by atoms with van der Waals surface area (Å²) in [4.78, 5) is 0. The van der Waals surface area contributed by atoms with Gasteiger partial charge in [0.25, 0.3) is 0 Å². The molecule has 0 bridgehead atoms. The zero-order valence-electron chi connectivity index (χ0n) is 16.5. The zero-order valence-corrected chi connectivity index (χ0v) is 19.5. The first kappa shape index (κ1) is 21.2. The molecule has 0 aliphatic heterocycles. The van der Waals surface area contributed by atoms with Gasteiger partial charge in [-0.25, -0.2) is 0 Å². The summed E-state index contributed by atoms with van der Waals surface area (Å²) in [6, 6.07) is 18.5. The molecule has 1 aromatic heterocycles. The molecule has 30 heavy (non-hydrogen) atoms. The van der Waals surface area contributed by atoms with Crippen molar-refractivity contribution in [1.82, 2.24) is 0 Å². The standard InChI is InChI=1S/C23H19F3INOS/c1-22(2,3)18-8-4-6-16-17-7-5-9-19(21(17)30-20(16)18)28(27)14-10-12-15(13-11-14)29-23(24,25)26/h4-13H,1-3H3. The Morgan fingerprint density at radius 2 is 1.43 bits per heavy atom. The lowest BCUT2D eigenvalue weighted by Crippen LogP contribution is -2.17. The summed E-state index contributed by atoms with van der Waals surface area (Å²) < 4.78 is 45.6. The van der Waals surface area contributed by atoms with E-state index in [0.717, 1.165) is 16.1 Å². The Hall–Kier alpha value is -2.00. The van der Waals surface area contributed by atoms with Gasteiger partial charge >= 0.3 is 6.36 Å². The fourth-order valence-electron chi connectivity index (χ4n) is 3.47. The number of ether oxygens (including phenoxy) is 1. The van der Waals surface area contributed by atoms with Gasteiger partial charge in [0.2, 0.25) is 0 Å². The molecule has 0 unspecified atom stereocenters. The molecule has 0 N–H and O–H groups in total. The molecule has 156 valence electrons. The monoisotopic (exact) mass is 541 g/mol. The zero-order chi connectivity index (χ0) is 21.7. The van der Waals surface area contributed by atoms with E-state index >= 15 is 0 Å². The van der Waals surface area contributed by atoms with Crippen molar-refractivity contribution < 1.29 is 17.9 Å². The second kappa shape index (κ2) is 7.60. The van der Waals surface area contributed by atoms with Crippen LogP contribution in [0.5, 0.6) is 5.75 Å². The minimum absolute atomic E-state index is 0.0267. The SMILES string of the molecule is CC(C)(C)c1cccc2c1sc1c(N(I)c3ccc(OC(F)(F)F)cc3)cccc12. The molecule has 4 rings (SSSR count). The van der Waals surface area contributed by atoms with Crippen molar-refractivity contribution in [1.29, 1.82) is 0 Å². The van der Waals surface area contributed by atoms with Crippen molar-refractivity contribution in [2.45, 2.75) is 32.5 Å². The molecule has 2 nitrogen and oxygen atoms in total. The van der Waals surface area contributed by atoms with Crippen LogP contribution in [-0.2, 0) is 5.41 Å². The van der Waals surface area contributed by atoms with Gasteiger partial charge in [0.15, 0.2) is 0 Å². The third-order valence-electron chi connectivity index (χ3n) is 4.82. The lowest BCUT2D eigenvalue weighted by molar-refractivity contribution is -0.274. The molecule has 0 saturated carbocycles. The van der Waals surface area contributed by atoms with Crippen molar-refractivity contribution in [3.8, 4) is 5.75 Å². The maximum absolute atomic E-state index is 12.4. The molecule has 0 radical (unpaired) electrons. The van der Waals surface area contributed by atoms with Gasteiger partial charge < -0.3 is 4.74 Å². The predicted molar refractivity (Wildman–Crippen MR) is 127 cm³/mol. The third-order valence-corrected chi connectivity index (χ3v) is 7.17. The van der Waals surface area contributed by atoms with Crippen LogP contribution in [-0.4, -0.2) is 6.36 Å². The Morgan fingerprint density at radius 1 is 0.833 bits per heavy atom. The van der Waals surface area contributed by atoms with Gasteiger partial charge in [-0.05, 0) is 41.3 Å². The summed E-state index contributed by atoms with van der Waals surface area (Å²) in [6.07, 6.45) is -4.70. The van der Waals surface area contributed by atoms with Crippen LogP contribution in [0, 0.1) is 0 Å². The van der Waals surface area contributed by atoms with Crippen LogP contribution in [0.25, 0.3) is 20.2 Å². The number of fused-ring (bicyclic) bond motifs is 3. The number of anilines is 2. The van der Waals surface area contributed by atoms with Crippen molar-refractivity contribution in [3.63, 3.8) is 0 Å². The summed E-state index contributed by atoms with van der Waals surface area (Å²) in [5.41, 5.74) is 3.10. The number of rotatable bonds is 3. The average Bonchev–Trinajstić information content (AvgIpc) is 3.04. The lowest BCUT2D eigenvalue weighted by Gasteiger charge is -2.19. The van der Waals surface area contributed by atoms with Crippen LogP contribution < -0.4 is 7.85 Å². The Labute approximate surface area is 190 Å². The number of benzene rings is 3. The van der Waals surface area contributed by atoms with E-state index in [1.807, 2.05) is 15.2 Å². The minimum atomic E-state index is -4.70. The smallest absolute Gasteiger partial charge is 0.406 e. The highest BCUT2D eigenvalue weighted by Gasteiger charge is 2.31. The van der Waals surface area contributed by atoms with E-state index in [-0.39, 0.29) is 11.2 Å². The average molecular weight is 541 g/mol. The Bertz CT molecular complexity index is 1210. The first-order valence-corrected chi connectivity index (χ1v) is 11.1. The van der Waals surface area contributed by atoms with Crippen LogP contribution in [0.1, 0.15) is 26.3 Å².